The second kappa shape index (κ2) is 8.45. The first-order chi connectivity index (χ1) is 11.0. The van der Waals surface area contributed by atoms with Crippen LogP contribution in [0.3, 0.4) is 0 Å². The van der Waals surface area contributed by atoms with E-state index in [1.165, 1.54) is 11.3 Å². The average Bonchev–Trinajstić information content (AvgIpc) is 3.05. The van der Waals surface area contributed by atoms with Crippen LogP contribution in [0.5, 0.6) is 0 Å². The molecule has 1 aromatic heterocycles. The normalized spacial score (nSPS) is 16.5. The summed E-state index contributed by atoms with van der Waals surface area (Å²) in [6.45, 7) is 7.12. The Kier molecular flexibility index (Phi) is 6.59. The van der Waals surface area contributed by atoms with Crippen molar-refractivity contribution in [3.8, 4) is 0 Å². The van der Waals surface area contributed by atoms with Gasteiger partial charge >= 0.3 is 0 Å². The Hall–Kier alpha value is -1.40. The number of nitrogens with zero attached hydrogens (tertiary/aromatic N) is 2. The van der Waals surface area contributed by atoms with Crippen molar-refractivity contribution in [2.75, 3.05) is 33.2 Å². The van der Waals surface area contributed by atoms with Crippen LogP contribution in [0, 0.1) is 5.92 Å². The zero-order valence-corrected chi connectivity index (χ0v) is 15.1. The van der Waals surface area contributed by atoms with E-state index in [1.807, 2.05) is 10.3 Å². The first-order valence-corrected chi connectivity index (χ1v) is 9.20. The lowest BCUT2D eigenvalue weighted by Gasteiger charge is -2.38. The van der Waals surface area contributed by atoms with Crippen molar-refractivity contribution in [3.05, 3.63) is 22.4 Å². The topological polar surface area (TPSA) is 52.7 Å². The van der Waals surface area contributed by atoms with Crippen LogP contribution >= 0.6 is 11.3 Å². The second-order valence-corrected chi connectivity index (χ2v) is 7.45. The van der Waals surface area contributed by atoms with E-state index in [-0.39, 0.29) is 18.4 Å². The molecule has 0 bridgehead atoms. The van der Waals surface area contributed by atoms with Crippen molar-refractivity contribution >= 4 is 23.2 Å². The molecule has 0 aliphatic carbocycles. The van der Waals surface area contributed by atoms with Gasteiger partial charge in [0.25, 0.3) is 5.91 Å². The van der Waals surface area contributed by atoms with Gasteiger partial charge in [-0.25, -0.2) is 0 Å². The van der Waals surface area contributed by atoms with Gasteiger partial charge in [0.1, 0.15) is 0 Å². The molecule has 0 spiro atoms. The third-order valence-electron chi connectivity index (χ3n) is 4.19. The van der Waals surface area contributed by atoms with E-state index in [1.54, 1.807) is 11.4 Å². The first kappa shape index (κ1) is 17.9. The third-order valence-corrected chi connectivity index (χ3v) is 4.88. The van der Waals surface area contributed by atoms with Gasteiger partial charge in [0.2, 0.25) is 5.91 Å². The highest BCUT2D eigenvalue weighted by atomic mass is 32.1. The molecule has 1 aromatic rings. The first-order valence-electron chi connectivity index (χ1n) is 8.25. The second-order valence-electron chi connectivity index (χ2n) is 6.67. The molecule has 5 nitrogen and oxygen atoms in total. The maximum atomic E-state index is 12.6. The molecule has 0 atom stereocenters. The van der Waals surface area contributed by atoms with Gasteiger partial charge in [-0.1, -0.05) is 13.8 Å². The number of amides is 2. The molecule has 2 rings (SSSR count). The summed E-state index contributed by atoms with van der Waals surface area (Å²) in [7, 11) is 2.12. The molecule has 1 N–H and O–H groups in total. The molecule has 0 unspecified atom stereocenters. The number of piperidine rings is 1. The van der Waals surface area contributed by atoms with Gasteiger partial charge in [-0.15, -0.1) is 0 Å². The largest absolute Gasteiger partial charge is 0.343 e. The highest BCUT2D eigenvalue weighted by Gasteiger charge is 2.27. The number of rotatable bonds is 6. The molecule has 0 saturated carbocycles. The summed E-state index contributed by atoms with van der Waals surface area (Å²) >= 11 is 1.48. The van der Waals surface area contributed by atoms with Crippen molar-refractivity contribution in [2.24, 2.45) is 5.92 Å². The Balaban J connectivity index is 1.92. The molecule has 1 saturated heterocycles. The minimum absolute atomic E-state index is 0.0248. The van der Waals surface area contributed by atoms with E-state index in [4.69, 9.17) is 0 Å². The average molecular weight is 337 g/mol. The van der Waals surface area contributed by atoms with E-state index < -0.39 is 0 Å². The van der Waals surface area contributed by atoms with Crippen LogP contribution in [0.2, 0.25) is 0 Å². The van der Waals surface area contributed by atoms with Crippen molar-refractivity contribution in [3.63, 3.8) is 0 Å². The highest BCUT2D eigenvalue weighted by molar-refractivity contribution is 7.08. The maximum Gasteiger partial charge on any atom is 0.252 e. The number of carbonyl (C=O) groups is 2. The van der Waals surface area contributed by atoms with Crippen LogP contribution in [0.4, 0.5) is 0 Å². The molecule has 1 aliphatic rings. The van der Waals surface area contributed by atoms with Gasteiger partial charge in [0.05, 0.1) is 6.54 Å². The van der Waals surface area contributed by atoms with Gasteiger partial charge in [-0.3, -0.25) is 9.59 Å². The van der Waals surface area contributed by atoms with Gasteiger partial charge in [-0.05, 0) is 50.3 Å². The van der Waals surface area contributed by atoms with Gasteiger partial charge in [0, 0.05) is 23.5 Å². The zero-order valence-electron chi connectivity index (χ0n) is 14.2. The summed E-state index contributed by atoms with van der Waals surface area (Å²) in [5.74, 6) is 0.274. The molecular weight excluding hydrogens is 310 g/mol. The fraction of sp³-hybridized carbons (Fsp3) is 0.647. The fourth-order valence-corrected chi connectivity index (χ4v) is 3.54. The number of nitrogens with one attached hydrogen (secondary N) is 1. The zero-order chi connectivity index (χ0) is 16.8. The number of likely N-dealkylation sites (tertiary alicyclic amines) is 1. The van der Waals surface area contributed by atoms with E-state index in [2.05, 4.69) is 31.1 Å². The van der Waals surface area contributed by atoms with Crippen molar-refractivity contribution < 1.29 is 9.59 Å². The van der Waals surface area contributed by atoms with E-state index in [0.29, 0.717) is 17.5 Å². The molecule has 0 aromatic carbocycles. The highest BCUT2D eigenvalue weighted by Crippen LogP contribution is 2.17. The van der Waals surface area contributed by atoms with E-state index >= 15 is 0 Å². The predicted molar refractivity (Wildman–Crippen MR) is 93.7 cm³/mol. The van der Waals surface area contributed by atoms with Crippen molar-refractivity contribution in [1.29, 1.82) is 0 Å². The molecule has 0 radical (unpaired) electrons. The Morgan fingerprint density at radius 1 is 1.39 bits per heavy atom. The quantitative estimate of drug-likeness (QED) is 0.864. The Morgan fingerprint density at radius 2 is 2.09 bits per heavy atom. The van der Waals surface area contributed by atoms with Crippen LogP contribution in [0.25, 0.3) is 0 Å². The summed E-state index contributed by atoms with van der Waals surface area (Å²) in [6.07, 6.45) is 2.01. The number of carbonyl (C=O) groups excluding carboxylic acids is 2. The minimum atomic E-state index is -0.174. The SMILES string of the molecule is CC(C)CN(C(=O)CNC(=O)c1ccsc1)C1CCN(C)CC1. The van der Waals surface area contributed by atoms with Crippen LogP contribution < -0.4 is 5.32 Å². The predicted octanol–water partition coefficient (Wildman–Crippen LogP) is 2.06. The van der Waals surface area contributed by atoms with Crippen LogP contribution in [0.15, 0.2) is 16.8 Å². The number of thiophene rings is 1. The van der Waals surface area contributed by atoms with Gasteiger partial charge < -0.3 is 15.1 Å². The fourth-order valence-electron chi connectivity index (χ4n) is 2.91. The molecule has 23 heavy (non-hydrogen) atoms. The summed E-state index contributed by atoms with van der Waals surface area (Å²) in [6, 6.07) is 2.06. The standard InChI is InChI=1S/C17H27N3O2S/c1-13(2)11-20(15-4-7-19(3)8-5-15)16(21)10-18-17(22)14-6-9-23-12-14/h6,9,12-13,15H,4-5,7-8,10-11H2,1-3H3,(H,18,22). The Labute approximate surface area is 142 Å². The van der Waals surface area contributed by atoms with Crippen molar-refractivity contribution in [1.82, 2.24) is 15.1 Å². The maximum absolute atomic E-state index is 12.6. The minimum Gasteiger partial charge on any atom is -0.343 e. The lowest BCUT2D eigenvalue weighted by Crippen LogP contribution is -2.50. The molecule has 1 fully saturated rings. The molecular formula is C17H27N3O2S. The monoisotopic (exact) mass is 337 g/mol. The lowest BCUT2D eigenvalue weighted by atomic mass is 10.0. The Bertz CT molecular complexity index is 508. The van der Waals surface area contributed by atoms with Crippen molar-refractivity contribution in [2.45, 2.75) is 32.7 Å². The number of hydrogen-bond acceptors (Lipinski definition) is 4. The molecule has 128 valence electrons. The van der Waals surface area contributed by atoms with Crippen LogP contribution in [0.1, 0.15) is 37.0 Å². The molecule has 1 aliphatic heterocycles. The molecule has 2 heterocycles. The summed E-state index contributed by atoms with van der Waals surface area (Å²) < 4.78 is 0. The van der Waals surface area contributed by atoms with Crippen LogP contribution in [-0.2, 0) is 4.79 Å². The number of hydrogen-bond donors (Lipinski definition) is 1. The van der Waals surface area contributed by atoms with Gasteiger partial charge in [-0.2, -0.15) is 11.3 Å². The summed E-state index contributed by atoms with van der Waals surface area (Å²) in [4.78, 5) is 28.9. The smallest absolute Gasteiger partial charge is 0.252 e. The van der Waals surface area contributed by atoms with E-state index in [0.717, 1.165) is 32.5 Å². The lowest BCUT2D eigenvalue weighted by molar-refractivity contribution is -0.134. The van der Waals surface area contributed by atoms with Gasteiger partial charge in [0.15, 0.2) is 0 Å². The van der Waals surface area contributed by atoms with Crippen LogP contribution in [-0.4, -0.2) is 60.9 Å². The van der Waals surface area contributed by atoms with E-state index in [9.17, 15) is 9.59 Å². The summed E-state index contributed by atoms with van der Waals surface area (Å²) in [5, 5.41) is 6.41. The molecule has 6 heteroatoms. The Morgan fingerprint density at radius 3 is 2.65 bits per heavy atom. The summed E-state index contributed by atoms with van der Waals surface area (Å²) in [5.41, 5.74) is 0.623. The molecule has 2 amide bonds. The third kappa shape index (κ3) is 5.32.